The molecule has 144 valence electrons. The second kappa shape index (κ2) is 9.04. The summed E-state index contributed by atoms with van der Waals surface area (Å²) in [6.45, 7) is 3.95. The molecule has 6 heteroatoms. The first-order valence-electron chi connectivity index (χ1n) is 9.55. The zero-order valence-corrected chi connectivity index (χ0v) is 16.6. The number of benzene rings is 2. The van der Waals surface area contributed by atoms with Crippen LogP contribution in [0.15, 0.2) is 42.5 Å². The quantitative estimate of drug-likeness (QED) is 0.554. The molecule has 0 bridgehead atoms. The van der Waals surface area contributed by atoms with Crippen LogP contribution in [0.5, 0.6) is 5.75 Å². The maximum absolute atomic E-state index is 12.3. The van der Waals surface area contributed by atoms with Crippen molar-refractivity contribution in [3.63, 3.8) is 0 Å². The number of hydrogen-bond acceptors (Lipinski definition) is 3. The minimum absolute atomic E-state index is 0.274. The van der Waals surface area contributed by atoms with E-state index < -0.39 is 6.10 Å². The van der Waals surface area contributed by atoms with Gasteiger partial charge >= 0.3 is 0 Å². The Morgan fingerprint density at radius 1 is 1.11 bits per heavy atom. The third-order valence-corrected chi connectivity index (χ3v) is 5.35. The minimum Gasteiger partial charge on any atom is -0.481 e. The third-order valence-electron chi connectivity index (χ3n) is 5.13. The van der Waals surface area contributed by atoms with Gasteiger partial charge in [-0.15, -0.1) is 0 Å². The molecule has 1 aliphatic carbocycles. The van der Waals surface area contributed by atoms with Crippen LogP contribution in [0.3, 0.4) is 0 Å². The molecule has 27 heavy (non-hydrogen) atoms. The molecule has 2 aromatic rings. The molecule has 3 N–H and O–H groups in total. The minimum atomic E-state index is -0.643. The molecule has 3 rings (SSSR count). The lowest BCUT2D eigenvalue weighted by Crippen LogP contribution is -2.53. The lowest BCUT2D eigenvalue weighted by Gasteiger charge is -2.30. The first-order chi connectivity index (χ1) is 13.0. The van der Waals surface area contributed by atoms with Crippen LogP contribution in [0.4, 0.5) is 0 Å². The number of rotatable bonds is 4. The van der Waals surface area contributed by atoms with Crippen molar-refractivity contribution in [2.45, 2.75) is 51.7 Å². The average Bonchev–Trinajstić information content (AvgIpc) is 2.67. The summed E-state index contributed by atoms with van der Waals surface area (Å²) in [4.78, 5) is 12.3. The van der Waals surface area contributed by atoms with Gasteiger partial charge in [0, 0.05) is 6.04 Å². The van der Waals surface area contributed by atoms with Crippen molar-refractivity contribution in [1.29, 1.82) is 0 Å². The number of thiocarbonyl (C=S) groups is 1. The Balaban J connectivity index is 1.47. The monoisotopic (exact) mass is 385 g/mol. The fraction of sp³-hybridized carbons (Fsp3) is 0.429. The molecule has 1 aliphatic rings. The smallest absolute Gasteiger partial charge is 0.279 e. The van der Waals surface area contributed by atoms with Crippen LogP contribution in [0.2, 0.25) is 0 Å². The number of nitrogens with one attached hydrogen (secondary N) is 3. The predicted octanol–water partition coefficient (Wildman–Crippen LogP) is 3.68. The molecule has 2 aromatic carbocycles. The van der Waals surface area contributed by atoms with Gasteiger partial charge in [0.2, 0.25) is 0 Å². The van der Waals surface area contributed by atoms with Gasteiger partial charge in [0.15, 0.2) is 11.2 Å². The van der Waals surface area contributed by atoms with Crippen LogP contribution in [0.1, 0.15) is 39.5 Å². The lowest BCUT2D eigenvalue weighted by molar-refractivity contribution is -0.127. The molecule has 0 spiro atoms. The van der Waals surface area contributed by atoms with Gasteiger partial charge in [0.25, 0.3) is 5.91 Å². The summed E-state index contributed by atoms with van der Waals surface area (Å²) in [6.07, 6.45) is 4.17. The maximum Gasteiger partial charge on any atom is 0.279 e. The van der Waals surface area contributed by atoms with E-state index in [1.54, 1.807) is 6.92 Å². The highest BCUT2D eigenvalue weighted by molar-refractivity contribution is 7.80. The normalized spacial score (nSPS) is 20.5. The van der Waals surface area contributed by atoms with Crippen LogP contribution < -0.4 is 20.9 Å². The van der Waals surface area contributed by atoms with E-state index in [1.165, 1.54) is 19.3 Å². The van der Waals surface area contributed by atoms with Crippen molar-refractivity contribution >= 4 is 34.0 Å². The van der Waals surface area contributed by atoms with Gasteiger partial charge in [-0.05, 0) is 60.8 Å². The summed E-state index contributed by atoms with van der Waals surface area (Å²) in [5, 5.41) is 5.95. The Morgan fingerprint density at radius 3 is 2.63 bits per heavy atom. The number of hydrazine groups is 1. The van der Waals surface area contributed by atoms with Gasteiger partial charge < -0.3 is 10.1 Å². The van der Waals surface area contributed by atoms with E-state index in [0.29, 0.717) is 22.8 Å². The SMILES string of the molecule is C[C@@H](Oc1ccc2ccccc2c1)C(=O)NNC(=S)N[C@@H]1CCCC[C@@H]1C. The molecular weight excluding hydrogens is 358 g/mol. The van der Waals surface area contributed by atoms with Gasteiger partial charge in [-0.1, -0.05) is 50.1 Å². The van der Waals surface area contributed by atoms with Crippen LogP contribution in [0.25, 0.3) is 10.8 Å². The van der Waals surface area contributed by atoms with Crippen LogP contribution in [-0.2, 0) is 4.79 Å². The third kappa shape index (κ3) is 5.32. The Bertz CT molecular complexity index is 811. The molecule has 1 amide bonds. The summed E-state index contributed by atoms with van der Waals surface area (Å²) in [7, 11) is 0. The zero-order chi connectivity index (χ0) is 19.2. The largest absolute Gasteiger partial charge is 0.481 e. The highest BCUT2D eigenvalue weighted by Gasteiger charge is 2.22. The molecule has 0 heterocycles. The van der Waals surface area contributed by atoms with Crippen molar-refractivity contribution in [3.05, 3.63) is 42.5 Å². The molecule has 0 saturated heterocycles. The van der Waals surface area contributed by atoms with E-state index >= 15 is 0 Å². The topological polar surface area (TPSA) is 62.4 Å². The highest BCUT2D eigenvalue weighted by atomic mass is 32.1. The molecule has 0 unspecified atom stereocenters. The number of carbonyl (C=O) groups excluding carboxylic acids is 1. The Hall–Kier alpha value is -2.34. The number of ether oxygens (including phenoxy) is 1. The van der Waals surface area contributed by atoms with Crippen molar-refractivity contribution in [3.8, 4) is 5.75 Å². The predicted molar refractivity (Wildman–Crippen MR) is 112 cm³/mol. The molecule has 1 fully saturated rings. The fourth-order valence-electron chi connectivity index (χ4n) is 3.45. The summed E-state index contributed by atoms with van der Waals surface area (Å²) >= 11 is 5.30. The van der Waals surface area contributed by atoms with E-state index in [1.807, 2.05) is 42.5 Å². The van der Waals surface area contributed by atoms with Crippen molar-refractivity contribution in [2.24, 2.45) is 5.92 Å². The second-order valence-electron chi connectivity index (χ2n) is 7.22. The number of hydrogen-bond donors (Lipinski definition) is 3. The van der Waals surface area contributed by atoms with Gasteiger partial charge in [0.05, 0.1) is 0 Å². The number of fused-ring (bicyclic) bond motifs is 1. The number of carbonyl (C=O) groups is 1. The van der Waals surface area contributed by atoms with Crippen molar-refractivity contribution < 1.29 is 9.53 Å². The molecule has 0 radical (unpaired) electrons. The van der Waals surface area contributed by atoms with E-state index in [2.05, 4.69) is 23.1 Å². The Morgan fingerprint density at radius 2 is 1.85 bits per heavy atom. The van der Waals surface area contributed by atoms with Crippen molar-refractivity contribution in [2.75, 3.05) is 0 Å². The van der Waals surface area contributed by atoms with E-state index in [9.17, 15) is 4.79 Å². The summed E-state index contributed by atoms with van der Waals surface area (Å²) < 4.78 is 5.77. The molecular formula is C21H27N3O2S. The van der Waals surface area contributed by atoms with Gasteiger partial charge in [0.1, 0.15) is 5.75 Å². The van der Waals surface area contributed by atoms with Crippen LogP contribution in [0, 0.1) is 5.92 Å². The van der Waals surface area contributed by atoms with Gasteiger partial charge in [-0.25, -0.2) is 0 Å². The highest BCUT2D eigenvalue weighted by Crippen LogP contribution is 2.23. The van der Waals surface area contributed by atoms with Crippen LogP contribution in [-0.4, -0.2) is 23.2 Å². The first kappa shape index (κ1) is 19.4. The zero-order valence-electron chi connectivity index (χ0n) is 15.8. The second-order valence-corrected chi connectivity index (χ2v) is 7.63. The molecule has 0 aliphatic heterocycles. The molecule has 3 atom stereocenters. The van der Waals surface area contributed by atoms with Crippen molar-refractivity contribution in [1.82, 2.24) is 16.2 Å². The van der Waals surface area contributed by atoms with Crippen LogP contribution >= 0.6 is 12.2 Å². The Labute approximate surface area is 165 Å². The standard InChI is InChI=1S/C21H27N3O2S/c1-14-7-3-6-10-19(14)22-21(27)24-23-20(25)15(2)26-18-12-11-16-8-4-5-9-17(16)13-18/h4-5,8-9,11-15,19H,3,6-7,10H2,1-2H3,(H,23,25)(H2,22,24,27)/t14-,15+,19+/m0/s1. The summed E-state index contributed by atoms with van der Waals surface area (Å²) in [5.74, 6) is 0.974. The Kier molecular flexibility index (Phi) is 6.50. The van der Waals surface area contributed by atoms with Gasteiger partial charge in [-0.2, -0.15) is 0 Å². The molecule has 0 aromatic heterocycles. The van der Waals surface area contributed by atoms with E-state index in [4.69, 9.17) is 17.0 Å². The molecule has 1 saturated carbocycles. The van der Waals surface area contributed by atoms with E-state index in [0.717, 1.165) is 17.2 Å². The molecule has 5 nitrogen and oxygen atoms in total. The first-order valence-corrected chi connectivity index (χ1v) is 9.95. The van der Waals surface area contributed by atoms with E-state index in [-0.39, 0.29) is 5.91 Å². The fourth-order valence-corrected chi connectivity index (χ4v) is 3.66. The average molecular weight is 386 g/mol. The number of amides is 1. The van der Waals surface area contributed by atoms with Gasteiger partial charge in [-0.3, -0.25) is 15.6 Å². The summed E-state index contributed by atoms with van der Waals surface area (Å²) in [6, 6.07) is 14.2. The summed E-state index contributed by atoms with van der Waals surface area (Å²) in [5.41, 5.74) is 5.41. The maximum atomic E-state index is 12.3. The lowest BCUT2D eigenvalue weighted by atomic mass is 9.86.